The summed E-state index contributed by atoms with van der Waals surface area (Å²) in [5, 5.41) is 19.0. The van der Waals surface area contributed by atoms with Gasteiger partial charge in [-0.1, -0.05) is 35.4 Å². The molecule has 2 rings (SSSR count). The molecule has 0 heterocycles. The Hall–Kier alpha value is -1.81. The molecule has 22 heavy (non-hydrogen) atoms. The molecule has 2 aromatic carbocycles. The molecule has 0 radical (unpaired) electrons. The first-order chi connectivity index (χ1) is 10.4. The summed E-state index contributed by atoms with van der Waals surface area (Å²) >= 11 is 0. The molecule has 0 aliphatic rings. The van der Waals surface area contributed by atoms with Crippen LogP contribution in [0.1, 0.15) is 11.1 Å². The molecule has 0 fully saturated rings. The van der Waals surface area contributed by atoms with Crippen LogP contribution in [0.2, 0.25) is 0 Å². The quantitative estimate of drug-likeness (QED) is 0.798. The fourth-order valence-electron chi connectivity index (χ4n) is 1.73. The fourth-order valence-corrected chi connectivity index (χ4v) is 3.04. The molecule has 0 saturated carbocycles. The predicted octanol–water partition coefficient (Wildman–Crippen LogP) is 3.27. The zero-order chi connectivity index (χ0) is 16.2. The molecular weight excluding hydrogens is 303 g/mol. The first-order valence-electron chi connectivity index (χ1n) is 6.84. The second-order valence-electron chi connectivity index (χ2n) is 5.01. The Kier molecular flexibility index (Phi) is 5.24. The Morgan fingerprint density at radius 3 is 1.59 bits per heavy atom. The summed E-state index contributed by atoms with van der Waals surface area (Å²) < 4.78 is 23.5. The highest BCUT2D eigenvalue weighted by Crippen LogP contribution is 2.51. The minimum atomic E-state index is -3.98. The average Bonchev–Trinajstić information content (AvgIpc) is 2.51. The van der Waals surface area contributed by atoms with E-state index in [0.29, 0.717) is 11.5 Å². The summed E-state index contributed by atoms with van der Waals surface area (Å²) in [6.45, 7) is 3.10. The van der Waals surface area contributed by atoms with Gasteiger partial charge in [0.2, 0.25) is 5.85 Å². The van der Waals surface area contributed by atoms with Gasteiger partial charge in [0.1, 0.15) is 11.5 Å². The lowest BCUT2D eigenvalue weighted by Crippen LogP contribution is -2.20. The van der Waals surface area contributed by atoms with E-state index < -0.39 is 20.0 Å². The molecule has 5 nitrogen and oxygen atoms in total. The number of aryl methyl sites for hydroxylation is 2. The van der Waals surface area contributed by atoms with Gasteiger partial charge in [-0.05, 0) is 38.1 Å². The number of aliphatic hydroxyl groups excluding tert-OH is 2. The molecule has 1 atom stereocenters. The molecule has 6 heteroatoms. The van der Waals surface area contributed by atoms with Crippen molar-refractivity contribution in [1.29, 1.82) is 0 Å². The number of hydrogen-bond acceptors (Lipinski definition) is 5. The van der Waals surface area contributed by atoms with E-state index in [-0.39, 0.29) is 0 Å². The maximum Gasteiger partial charge on any atom is 0.461 e. The molecule has 0 aliphatic carbocycles. The van der Waals surface area contributed by atoms with E-state index in [1.165, 1.54) is 0 Å². The van der Waals surface area contributed by atoms with Gasteiger partial charge >= 0.3 is 7.60 Å². The van der Waals surface area contributed by atoms with Crippen LogP contribution in [0.25, 0.3) is 0 Å². The molecule has 2 N–H and O–H groups in total. The van der Waals surface area contributed by atoms with Gasteiger partial charge in [-0.15, -0.1) is 0 Å². The van der Waals surface area contributed by atoms with Crippen molar-refractivity contribution >= 4 is 7.60 Å². The van der Waals surface area contributed by atoms with Crippen molar-refractivity contribution in [2.45, 2.75) is 19.7 Å². The van der Waals surface area contributed by atoms with Crippen LogP contribution in [-0.4, -0.2) is 22.7 Å². The predicted molar refractivity (Wildman–Crippen MR) is 84.3 cm³/mol. The zero-order valence-corrected chi connectivity index (χ0v) is 13.4. The van der Waals surface area contributed by atoms with Crippen LogP contribution in [0.3, 0.4) is 0 Å². The van der Waals surface area contributed by atoms with Crippen molar-refractivity contribution in [3.63, 3.8) is 0 Å². The van der Waals surface area contributed by atoms with E-state index in [0.717, 1.165) is 11.1 Å². The van der Waals surface area contributed by atoms with E-state index in [1.807, 2.05) is 13.8 Å². The highest BCUT2D eigenvalue weighted by Gasteiger charge is 2.37. The smallest absolute Gasteiger partial charge is 0.414 e. The maximum atomic E-state index is 12.8. The lowest BCUT2D eigenvalue weighted by molar-refractivity contribution is 0.131. The standard InChI is InChI=1S/C16H19O5P/c1-12-3-7-14(8-4-12)20-22(19,16(18)11-17)21-15-9-5-13(2)6-10-15/h3-10,16-18H,11H2,1-2H3. The van der Waals surface area contributed by atoms with Crippen LogP contribution < -0.4 is 9.05 Å². The first-order valence-corrected chi connectivity index (χ1v) is 8.45. The molecule has 2 aromatic rings. The number of hydrogen-bond donors (Lipinski definition) is 2. The van der Waals surface area contributed by atoms with Crippen molar-refractivity contribution in [3.05, 3.63) is 59.7 Å². The Bertz CT molecular complexity index is 600. The lowest BCUT2D eigenvalue weighted by atomic mass is 10.2. The van der Waals surface area contributed by atoms with E-state index in [4.69, 9.17) is 14.2 Å². The van der Waals surface area contributed by atoms with Crippen molar-refractivity contribution in [2.24, 2.45) is 0 Å². The van der Waals surface area contributed by atoms with Gasteiger partial charge in [0.15, 0.2) is 0 Å². The summed E-state index contributed by atoms with van der Waals surface area (Å²) in [5.74, 6) is -1.03. The molecule has 0 spiro atoms. The topological polar surface area (TPSA) is 76.0 Å². The molecule has 0 aliphatic heterocycles. The largest absolute Gasteiger partial charge is 0.461 e. The third-order valence-electron chi connectivity index (χ3n) is 3.04. The summed E-state index contributed by atoms with van der Waals surface area (Å²) in [6.07, 6.45) is 0. The summed E-state index contributed by atoms with van der Waals surface area (Å²) in [6, 6.07) is 13.7. The van der Waals surface area contributed by atoms with Crippen molar-refractivity contribution in [2.75, 3.05) is 6.61 Å². The average molecular weight is 322 g/mol. The van der Waals surface area contributed by atoms with Gasteiger partial charge in [-0.3, -0.25) is 0 Å². The molecule has 118 valence electrons. The van der Waals surface area contributed by atoms with Crippen molar-refractivity contribution < 1.29 is 23.8 Å². The van der Waals surface area contributed by atoms with Gasteiger partial charge in [0.25, 0.3) is 0 Å². The van der Waals surface area contributed by atoms with E-state index >= 15 is 0 Å². The second-order valence-corrected chi connectivity index (χ2v) is 7.05. The van der Waals surface area contributed by atoms with Crippen LogP contribution in [0.15, 0.2) is 48.5 Å². The molecule has 0 bridgehead atoms. The third-order valence-corrected chi connectivity index (χ3v) is 4.86. The van der Waals surface area contributed by atoms with Gasteiger partial charge in [0.05, 0.1) is 6.61 Å². The SMILES string of the molecule is Cc1ccc(OP(=O)(Oc2ccc(C)cc2)C(O)CO)cc1. The summed E-state index contributed by atoms with van der Waals surface area (Å²) in [5.41, 5.74) is 2.04. The Morgan fingerprint density at radius 1 is 0.909 bits per heavy atom. The number of aliphatic hydroxyl groups is 2. The van der Waals surface area contributed by atoms with Crippen molar-refractivity contribution in [3.8, 4) is 11.5 Å². The Labute approximate surface area is 129 Å². The lowest BCUT2D eigenvalue weighted by Gasteiger charge is -2.23. The van der Waals surface area contributed by atoms with Crippen LogP contribution in [0, 0.1) is 13.8 Å². The van der Waals surface area contributed by atoms with Gasteiger partial charge in [0, 0.05) is 0 Å². The normalized spacial score (nSPS) is 12.7. The second kappa shape index (κ2) is 6.97. The fraction of sp³-hybridized carbons (Fsp3) is 0.250. The van der Waals surface area contributed by atoms with Gasteiger partial charge < -0.3 is 19.3 Å². The van der Waals surface area contributed by atoms with Crippen LogP contribution in [0.4, 0.5) is 0 Å². The van der Waals surface area contributed by atoms with Crippen molar-refractivity contribution in [1.82, 2.24) is 0 Å². The highest BCUT2D eigenvalue weighted by molar-refractivity contribution is 7.55. The molecule has 0 aromatic heterocycles. The maximum absolute atomic E-state index is 12.8. The minimum absolute atomic E-state index is 0.300. The van der Waals surface area contributed by atoms with Crippen LogP contribution in [0.5, 0.6) is 11.5 Å². The van der Waals surface area contributed by atoms with E-state index in [2.05, 4.69) is 0 Å². The van der Waals surface area contributed by atoms with E-state index in [9.17, 15) is 9.67 Å². The molecule has 1 unspecified atom stereocenters. The van der Waals surface area contributed by atoms with Gasteiger partial charge in [-0.2, -0.15) is 0 Å². The first kappa shape index (κ1) is 16.6. The highest BCUT2D eigenvalue weighted by atomic mass is 31.2. The monoisotopic (exact) mass is 322 g/mol. The van der Waals surface area contributed by atoms with E-state index in [1.54, 1.807) is 48.5 Å². The summed E-state index contributed by atoms with van der Waals surface area (Å²) in [4.78, 5) is 0. The molecule has 0 amide bonds. The molecule has 0 saturated heterocycles. The Balaban J connectivity index is 2.25. The van der Waals surface area contributed by atoms with Gasteiger partial charge in [-0.25, -0.2) is 4.57 Å². The number of rotatable bonds is 6. The number of benzene rings is 2. The van der Waals surface area contributed by atoms with Crippen LogP contribution >= 0.6 is 7.60 Å². The summed E-state index contributed by atoms with van der Waals surface area (Å²) in [7, 11) is -3.98. The third kappa shape index (κ3) is 4.10. The zero-order valence-electron chi connectivity index (χ0n) is 12.5. The van der Waals surface area contributed by atoms with Crippen LogP contribution in [-0.2, 0) is 4.57 Å². The Morgan fingerprint density at radius 2 is 1.27 bits per heavy atom. The molecular formula is C16H19O5P. The minimum Gasteiger partial charge on any atom is -0.414 e.